The summed E-state index contributed by atoms with van der Waals surface area (Å²) in [5.74, 6) is -1.75. The van der Waals surface area contributed by atoms with E-state index in [1.165, 1.54) is 135 Å². The molecule has 0 amide bonds. The maximum Gasteiger partial charge on any atom is 0.332 e. The topological polar surface area (TPSA) is 94.8 Å². The Balaban J connectivity index is 0. The average molecular weight is 529 g/mol. The van der Waals surface area contributed by atoms with Gasteiger partial charge in [-0.3, -0.25) is 4.79 Å². The van der Waals surface area contributed by atoms with Crippen LogP contribution in [0.15, 0.2) is 0 Å². The van der Waals surface area contributed by atoms with Gasteiger partial charge < -0.3 is 15.3 Å². The standard InChI is InChI=1S/C16H32O3.C16H32O2/c1-2-3-4-5-6-7-8-9-10-11-12-13-14-15(17)16(18)19;1-2-3-4-5-6-7-8-9-10-11-12-13-14-15-16(17)18/h15,17H,2-14H2,1H3,(H,18,19);2-15H2,1H3,(H,17,18). The number of aliphatic carboxylic acids is 2. The zero-order valence-electron chi connectivity index (χ0n) is 24.8. The van der Waals surface area contributed by atoms with Crippen molar-refractivity contribution in [3.8, 4) is 0 Å². The van der Waals surface area contributed by atoms with Crippen LogP contribution in [0.1, 0.15) is 187 Å². The van der Waals surface area contributed by atoms with E-state index in [2.05, 4.69) is 13.8 Å². The van der Waals surface area contributed by atoms with Crippen LogP contribution in [0, 0.1) is 0 Å². The number of aliphatic hydroxyl groups is 1. The summed E-state index contributed by atoms with van der Waals surface area (Å²) < 4.78 is 0. The van der Waals surface area contributed by atoms with E-state index >= 15 is 0 Å². The minimum absolute atomic E-state index is 0.345. The molecule has 0 rings (SSSR count). The molecule has 0 bridgehead atoms. The average Bonchev–Trinajstić information content (AvgIpc) is 2.87. The second-order valence-corrected chi connectivity index (χ2v) is 10.9. The number of hydrogen-bond acceptors (Lipinski definition) is 3. The first-order chi connectivity index (χ1) is 18.0. The van der Waals surface area contributed by atoms with Crippen LogP contribution in [-0.4, -0.2) is 33.4 Å². The molecule has 0 radical (unpaired) electrons. The van der Waals surface area contributed by atoms with Gasteiger partial charge in [0.05, 0.1) is 0 Å². The van der Waals surface area contributed by atoms with Gasteiger partial charge in [0.15, 0.2) is 6.10 Å². The van der Waals surface area contributed by atoms with Crippen molar-refractivity contribution in [1.82, 2.24) is 0 Å². The van der Waals surface area contributed by atoms with E-state index in [0.29, 0.717) is 12.8 Å². The molecular formula is C32H64O5. The highest BCUT2D eigenvalue weighted by Gasteiger charge is 2.11. The highest BCUT2D eigenvalue weighted by molar-refractivity contribution is 5.71. The molecule has 222 valence electrons. The van der Waals surface area contributed by atoms with Gasteiger partial charge in [0.2, 0.25) is 0 Å². The Kier molecular flexibility index (Phi) is 33.9. The van der Waals surface area contributed by atoms with Gasteiger partial charge in [0, 0.05) is 6.42 Å². The Morgan fingerprint density at radius 3 is 1.00 bits per heavy atom. The molecule has 1 atom stereocenters. The summed E-state index contributed by atoms with van der Waals surface area (Å²) in [6.07, 6.45) is 31.6. The molecular weight excluding hydrogens is 464 g/mol. The molecule has 3 N–H and O–H groups in total. The maximum absolute atomic E-state index is 10.4. The molecule has 37 heavy (non-hydrogen) atoms. The summed E-state index contributed by atoms with van der Waals surface area (Å²) in [7, 11) is 0. The fourth-order valence-corrected chi connectivity index (χ4v) is 4.60. The SMILES string of the molecule is CCCCCCCCCCCCCCC(O)C(=O)O.CCCCCCCCCCCCCCCC(=O)O. The monoisotopic (exact) mass is 528 g/mol. The number of carbonyl (C=O) groups is 2. The molecule has 0 aliphatic rings. The Labute approximate surface area is 230 Å². The third-order valence-corrected chi connectivity index (χ3v) is 7.11. The van der Waals surface area contributed by atoms with Crippen LogP contribution in [0.5, 0.6) is 0 Å². The van der Waals surface area contributed by atoms with Gasteiger partial charge in [-0.15, -0.1) is 0 Å². The first-order valence-corrected chi connectivity index (χ1v) is 16.1. The van der Waals surface area contributed by atoms with Crippen molar-refractivity contribution in [2.75, 3.05) is 0 Å². The quantitative estimate of drug-likeness (QED) is 0.0878. The minimum Gasteiger partial charge on any atom is -0.481 e. The Hall–Kier alpha value is -1.10. The van der Waals surface area contributed by atoms with Gasteiger partial charge in [0.1, 0.15) is 0 Å². The summed E-state index contributed by atoms with van der Waals surface area (Å²) in [6.45, 7) is 4.51. The largest absolute Gasteiger partial charge is 0.481 e. The van der Waals surface area contributed by atoms with E-state index in [0.717, 1.165) is 25.7 Å². The molecule has 0 fully saturated rings. The summed E-state index contributed by atoms with van der Waals surface area (Å²) in [4.78, 5) is 20.7. The van der Waals surface area contributed by atoms with Crippen molar-refractivity contribution >= 4 is 11.9 Å². The van der Waals surface area contributed by atoms with Crippen molar-refractivity contribution < 1.29 is 24.9 Å². The minimum atomic E-state index is -1.16. The molecule has 5 heteroatoms. The van der Waals surface area contributed by atoms with Crippen LogP contribution in [0.25, 0.3) is 0 Å². The normalized spacial score (nSPS) is 11.6. The van der Waals surface area contributed by atoms with Crippen LogP contribution in [0.2, 0.25) is 0 Å². The first kappa shape index (κ1) is 38.0. The summed E-state index contributed by atoms with van der Waals surface area (Å²) in [5, 5.41) is 26.1. The van der Waals surface area contributed by atoms with E-state index in [1.54, 1.807) is 0 Å². The third kappa shape index (κ3) is 37.1. The molecule has 0 aromatic carbocycles. The number of hydrogen-bond donors (Lipinski definition) is 3. The lowest BCUT2D eigenvalue weighted by Crippen LogP contribution is -2.18. The molecule has 0 heterocycles. The van der Waals surface area contributed by atoms with E-state index in [-0.39, 0.29) is 0 Å². The maximum atomic E-state index is 10.4. The molecule has 0 saturated carbocycles. The molecule has 0 spiro atoms. The second kappa shape index (κ2) is 32.9. The smallest absolute Gasteiger partial charge is 0.332 e. The fourth-order valence-electron chi connectivity index (χ4n) is 4.60. The summed E-state index contributed by atoms with van der Waals surface area (Å²) in [5.41, 5.74) is 0. The number of carboxylic acids is 2. The van der Waals surface area contributed by atoms with E-state index in [4.69, 9.17) is 15.3 Å². The fraction of sp³-hybridized carbons (Fsp3) is 0.938. The van der Waals surface area contributed by atoms with Gasteiger partial charge in [0.25, 0.3) is 0 Å². The molecule has 0 aliphatic heterocycles. The Morgan fingerprint density at radius 2 is 0.730 bits per heavy atom. The van der Waals surface area contributed by atoms with Crippen molar-refractivity contribution in [2.24, 2.45) is 0 Å². The van der Waals surface area contributed by atoms with Gasteiger partial charge in [-0.1, -0.05) is 168 Å². The lowest BCUT2D eigenvalue weighted by atomic mass is 10.0. The number of rotatable bonds is 28. The van der Waals surface area contributed by atoms with Gasteiger partial charge in [-0.05, 0) is 12.8 Å². The Morgan fingerprint density at radius 1 is 0.459 bits per heavy atom. The van der Waals surface area contributed by atoms with Crippen LogP contribution in [-0.2, 0) is 9.59 Å². The first-order valence-electron chi connectivity index (χ1n) is 16.1. The number of unbranched alkanes of at least 4 members (excludes halogenated alkanes) is 23. The molecule has 0 aromatic heterocycles. The van der Waals surface area contributed by atoms with E-state index in [1.807, 2.05) is 0 Å². The summed E-state index contributed by atoms with van der Waals surface area (Å²) >= 11 is 0. The number of carboxylic acid groups (broad SMARTS) is 2. The number of aliphatic hydroxyl groups excluding tert-OH is 1. The van der Waals surface area contributed by atoms with Crippen LogP contribution < -0.4 is 0 Å². The lowest BCUT2D eigenvalue weighted by molar-refractivity contribution is -0.147. The molecule has 5 nitrogen and oxygen atoms in total. The van der Waals surface area contributed by atoms with Crippen LogP contribution in [0.4, 0.5) is 0 Å². The lowest BCUT2D eigenvalue weighted by Gasteiger charge is -2.05. The van der Waals surface area contributed by atoms with Crippen molar-refractivity contribution in [1.29, 1.82) is 0 Å². The van der Waals surface area contributed by atoms with Crippen molar-refractivity contribution in [2.45, 2.75) is 193 Å². The summed E-state index contributed by atoms with van der Waals surface area (Å²) in [6, 6.07) is 0. The molecule has 1 unspecified atom stereocenters. The van der Waals surface area contributed by atoms with Crippen molar-refractivity contribution in [3.63, 3.8) is 0 Å². The highest BCUT2D eigenvalue weighted by Crippen LogP contribution is 2.14. The van der Waals surface area contributed by atoms with Crippen LogP contribution in [0.3, 0.4) is 0 Å². The van der Waals surface area contributed by atoms with Crippen molar-refractivity contribution in [3.05, 3.63) is 0 Å². The zero-order chi connectivity index (χ0) is 27.8. The predicted octanol–water partition coefficient (Wildman–Crippen LogP) is 10.1. The van der Waals surface area contributed by atoms with Gasteiger partial charge >= 0.3 is 11.9 Å². The van der Waals surface area contributed by atoms with Crippen LogP contribution >= 0.6 is 0 Å². The van der Waals surface area contributed by atoms with Gasteiger partial charge in [-0.2, -0.15) is 0 Å². The second-order valence-electron chi connectivity index (χ2n) is 10.9. The third-order valence-electron chi connectivity index (χ3n) is 7.11. The molecule has 0 aromatic rings. The van der Waals surface area contributed by atoms with Gasteiger partial charge in [-0.25, -0.2) is 4.79 Å². The highest BCUT2D eigenvalue weighted by atomic mass is 16.4. The molecule has 0 saturated heterocycles. The van der Waals surface area contributed by atoms with E-state index in [9.17, 15) is 9.59 Å². The molecule has 0 aliphatic carbocycles. The predicted molar refractivity (Wildman–Crippen MR) is 157 cm³/mol. The Bertz CT molecular complexity index is 466. The zero-order valence-corrected chi connectivity index (χ0v) is 24.8. The van der Waals surface area contributed by atoms with E-state index < -0.39 is 18.0 Å².